The van der Waals surface area contributed by atoms with Crippen molar-refractivity contribution in [3.05, 3.63) is 94.0 Å². The Kier molecular flexibility index (Phi) is 6.34. The Labute approximate surface area is 183 Å². The largest absolute Gasteiger partial charge is 0.478 e. The van der Waals surface area contributed by atoms with E-state index in [9.17, 15) is 29.4 Å². The first-order valence-corrected chi connectivity index (χ1v) is 9.56. The van der Waals surface area contributed by atoms with Crippen LogP contribution in [0.2, 0.25) is 0 Å². The summed E-state index contributed by atoms with van der Waals surface area (Å²) in [6, 6.07) is 15.4. The second-order valence-electron chi connectivity index (χ2n) is 7.19. The Morgan fingerprint density at radius 2 is 0.875 bits per heavy atom. The number of carbonyl (C=O) groups is 4. The molecule has 0 aliphatic carbocycles. The van der Waals surface area contributed by atoms with Gasteiger partial charge in [0.25, 0.3) is 11.8 Å². The molecule has 0 aliphatic rings. The quantitative estimate of drug-likeness (QED) is 0.461. The number of nitrogens with one attached hydrogen (secondary N) is 2. The van der Waals surface area contributed by atoms with Crippen molar-refractivity contribution in [1.82, 2.24) is 0 Å². The molecule has 0 saturated carbocycles. The lowest BCUT2D eigenvalue weighted by molar-refractivity contribution is 0.0677. The van der Waals surface area contributed by atoms with E-state index in [-0.39, 0.29) is 11.1 Å². The maximum absolute atomic E-state index is 12.7. The molecular formula is C24H20N2O6. The van der Waals surface area contributed by atoms with Gasteiger partial charge in [-0.1, -0.05) is 35.4 Å². The van der Waals surface area contributed by atoms with Crippen molar-refractivity contribution in [1.29, 1.82) is 0 Å². The zero-order valence-corrected chi connectivity index (χ0v) is 17.3. The van der Waals surface area contributed by atoms with E-state index in [0.29, 0.717) is 11.4 Å². The monoisotopic (exact) mass is 432 g/mol. The van der Waals surface area contributed by atoms with Gasteiger partial charge in [0.05, 0.1) is 22.3 Å². The minimum absolute atomic E-state index is 0.373. The van der Waals surface area contributed by atoms with Crippen LogP contribution in [0.1, 0.15) is 52.6 Å². The fourth-order valence-electron chi connectivity index (χ4n) is 3.00. The van der Waals surface area contributed by atoms with E-state index in [0.717, 1.165) is 23.3 Å². The number of carbonyl (C=O) groups excluding carboxylic acids is 2. The molecule has 3 aromatic carbocycles. The predicted octanol–water partition coefficient (Wildman–Crippen LogP) is 4.20. The SMILES string of the molecule is Cc1ccc(NC(=O)c2cc(C(=O)O)c(C(=O)Nc3ccc(C)cc3)cc2C(=O)O)cc1. The van der Waals surface area contributed by atoms with Gasteiger partial charge in [-0.3, -0.25) is 9.59 Å². The van der Waals surface area contributed by atoms with Crippen molar-refractivity contribution in [3.63, 3.8) is 0 Å². The van der Waals surface area contributed by atoms with Crippen molar-refractivity contribution >= 4 is 35.1 Å². The van der Waals surface area contributed by atoms with Crippen LogP contribution >= 0.6 is 0 Å². The van der Waals surface area contributed by atoms with Crippen LogP contribution in [0.5, 0.6) is 0 Å². The highest BCUT2D eigenvalue weighted by molar-refractivity contribution is 6.16. The number of amides is 2. The molecule has 0 spiro atoms. The Balaban J connectivity index is 2.01. The molecule has 0 atom stereocenters. The molecule has 162 valence electrons. The first-order valence-electron chi connectivity index (χ1n) is 9.56. The van der Waals surface area contributed by atoms with Crippen molar-refractivity contribution in [3.8, 4) is 0 Å². The Hall–Kier alpha value is -4.46. The first kappa shape index (κ1) is 22.2. The smallest absolute Gasteiger partial charge is 0.336 e. The maximum atomic E-state index is 12.7. The summed E-state index contributed by atoms with van der Waals surface area (Å²) in [5.41, 5.74) is 1.02. The highest BCUT2D eigenvalue weighted by Gasteiger charge is 2.26. The second-order valence-corrected chi connectivity index (χ2v) is 7.19. The number of hydrogen-bond donors (Lipinski definition) is 4. The molecule has 2 amide bonds. The predicted molar refractivity (Wildman–Crippen MR) is 119 cm³/mol. The number of rotatable bonds is 6. The molecule has 3 aromatic rings. The maximum Gasteiger partial charge on any atom is 0.336 e. The fraction of sp³-hybridized carbons (Fsp3) is 0.0833. The van der Waals surface area contributed by atoms with Crippen LogP contribution < -0.4 is 10.6 Å². The molecule has 4 N–H and O–H groups in total. The van der Waals surface area contributed by atoms with E-state index < -0.39 is 34.9 Å². The summed E-state index contributed by atoms with van der Waals surface area (Å²) in [5.74, 6) is -4.56. The van der Waals surface area contributed by atoms with Crippen molar-refractivity contribution < 1.29 is 29.4 Å². The van der Waals surface area contributed by atoms with Crippen LogP contribution in [-0.2, 0) is 0 Å². The Morgan fingerprint density at radius 3 is 1.16 bits per heavy atom. The molecule has 32 heavy (non-hydrogen) atoms. The molecule has 0 fully saturated rings. The summed E-state index contributed by atoms with van der Waals surface area (Å²) in [6.45, 7) is 3.74. The van der Waals surface area contributed by atoms with E-state index in [2.05, 4.69) is 10.6 Å². The minimum Gasteiger partial charge on any atom is -0.478 e. The number of benzene rings is 3. The summed E-state index contributed by atoms with van der Waals surface area (Å²) >= 11 is 0. The van der Waals surface area contributed by atoms with Crippen molar-refractivity contribution in [2.24, 2.45) is 0 Å². The van der Waals surface area contributed by atoms with Gasteiger partial charge in [-0.05, 0) is 50.2 Å². The zero-order chi connectivity index (χ0) is 23.4. The number of anilines is 2. The molecule has 0 aromatic heterocycles. The van der Waals surface area contributed by atoms with E-state index in [4.69, 9.17) is 0 Å². The lowest BCUT2D eigenvalue weighted by Crippen LogP contribution is -2.22. The van der Waals surface area contributed by atoms with Gasteiger partial charge in [-0.2, -0.15) is 0 Å². The third-order valence-corrected chi connectivity index (χ3v) is 4.73. The summed E-state index contributed by atoms with van der Waals surface area (Å²) < 4.78 is 0. The topological polar surface area (TPSA) is 133 Å². The number of aromatic carboxylic acids is 2. The van der Waals surface area contributed by atoms with Crippen LogP contribution in [0.15, 0.2) is 60.7 Å². The van der Waals surface area contributed by atoms with Gasteiger partial charge in [-0.25, -0.2) is 9.59 Å². The molecule has 0 saturated heterocycles. The van der Waals surface area contributed by atoms with Gasteiger partial charge in [0.15, 0.2) is 0 Å². The average molecular weight is 432 g/mol. The Bertz CT molecular complexity index is 1120. The number of aryl methyl sites for hydroxylation is 2. The third kappa shape index (κ3) is 4.99. The molecule has 8 heteroatoms. The van der Waals surface area contributed by atoms with E-state index in [1.165, 1.54) is 0 Å². The van der Waals surface area contributed by atoms with Gasteiger partial charge in [0.2, 0.25) is 0 Å². The summed E-state index contributed by atoms with van der Waals surface area (Å²) in [4.78, 5) is 49.1. The van der Waals surface area contributed by atoms with Crippen LogP contribution in [-0.4, -0.2) is 34.0 Å². The highest BCUT2D eigenvalue weighted by atomic mass is 16.4. The van der Waals surface area contributed by atoms with Gasteiger partial charge in [-0.15, -0.1) is 0 Å². The van der Waals surface area contributed by atoms with Crippen molar-refractivity contribution in [2.75, 3.05) is 10.6 Å². The standard InChI is InChI=1S/C24H20N2O6/c1-13-3-7-15(8-4-13)25-21(27)17-11-20(24(31)32)18(12-19(17)23(29)30)22(28)26-16-9-5-14(2)6-10-16/h3-12H,1-2H3,(H,25,27)(H,26,28)(H,29,30)(H,31,32). The van der Waals surface area contributed by atoms with Crippen molar-refractivity contribution in [2.45, 2.75) is 13.8 Å². The van der Waals surface area contributed by atoms with Gasteiger partial charge in [0.1, 0.15) is 0 Å². The summed E-state index contributed by atoms with van der Waals surface area (Å²) in [6.07, 6.45) is 0. The molecule has 0 radical (unpaired) electrons. The van der Waals surface area contributed by atoms with E-state index in [1.807, 2.05) is 13.8 Å². The second kappa shape index (κ2) is 9.13. The average Bonchev–Trinajstić information content (AvgIpc) is 2.75. The fourth-order valence-corrected chi connectivity index (χ4v) is 3.00. The lowest BCUT2D eigenvalue weighted by atomic mass is 9.96. The van der Waals surface area contributed by atoms with Crippen LogP contribution in [0.25, 0.3) is 0 Å². The molecule has 0 bridgehead atoms. The van der Waals surface area contributed by atoms with Gasteiger partial charge in [0, 0.05) is 11.4 Å². The number of hydrogen-bond acceptors (Lipinski definition) is 4. The zero-order valence-electron chi connectivity index (χ0n) is 17.3. The van der Waals surface area contributed by atoms with E-state index >= 15 is 0 Å². The van der Waals surface area contributed by atoms with Gasteiger partial charge < -0.3 is 20.8 Å². The molecule has 3 rings (SSSR count). The molecule has 8 nitrogen and oxygen atoms in total. The van der Waals surface area contributed by atoms with E-state index in [1.54, 1.807) is 48.5 Å². The normalized spacial score (nSPS) is 10.3. The van der Waals surface area contributed by atoms with Crippen LogP contribution in [0.4, 0.5) is 11.4 Å². The summed E-state index contributed by atoms with van der Waals surface area (Å²) in [7, 11) is 0. The lowest BCUT2D eigenvalue weighted by Gasteiger charge is -2.13. The summed E-state index contributed by atoms with van der Waals surface area (Å²) in [5, 5.41) is 24.3. The van der Waals surface area contributed by atoms with Gasteiger partial charge >= 0.3 is 11.9 Å². The highest BCUT2D eigenvalue weighted by Crippen LogP contribution is 2.22. The van der Waals surface area contributed by atoms with Crippen LogP contribution in [0, 0.1) is 13.8 Å². The minimum atomic E-state index is -1.47. The third-order valence-electron chi connectivity index (χ3n) is 4.73. The first-order chi connectivity index (χ1) is 15.2. The molecule has 0 aliphatic heterocycles. The Morgan fingerprint density at radius 1 is 0.562 bits per heavy atom. The number of carboxylic acid groups (broad SMARTS) is 2. The molecule has 0 heterocycles. The molecule has 0 unspecified atom stereocenters. The molecular weight excluding hydrogens is 412 g/mol. The number of carboxylic acids is 2. The van der Waals surface area contributed by atoms with Crippen LogP contribution in [0.3, 0.4) is 0 Å².